The van der Waals surface area contributed by atoms with Gasteiger partial charge in [-0.05, 0) is 24.3 Å². The fourth-order valence-corrected chi connectivity index (χ4v) is 3.31. The molecule has 0 aliphatic heterocycles. The Morgan fingerprint density at radius 2 is 1.64 bits per heavy atom. The summed E-state index contributed by atoms with van der Waals surface area (Å²) in [5.74, 6) is 0.907. The Bertz CT molecular complexity index is 897. The highest BCUT2D eigenvalue weighted by molar-refractivity contribution is 7.92. The Kier molecular flexibility index (Phi) is 5.32. The van der Waals surface area contributed by atoms with E-state index in [4.69, 9.17) is 14.2 Å². The van der Waals surface area contributed by atoms with Crippen molar-refractivity contribution in [3.05, 3.63) is 46.5 Å². The van der Waals surface area contributed by atoms with Crippen molar-refractivity contribution in [2.75, 3.05) is 26.1 Å². The van der Waals surface area contributed by atoms with E-state index in [1.807, 2.05) is 0 Å². The molecule has 0 aliphatic rings. The lowest BCUT2D eigenvalue weighted by Gasteiger charge is -2.12. The third-order valence-corrected chi connectivity index (χ3v) is 4.72. The summed E-state index contributed by atoms with van der Waals surface area (Å²) >= 11 is 0. The molecule has 0 fully saturated rings. The van der Waals surface area contributed by atoms with E-state index in [0.29, 0.717) is 11.5 Å². The van der Waals surface area contributed by atoms with Crippen molar-refractivity contribution in [1.82, 2.24) is 0 Å². The van der Waals surface area contributed by atoms with Crippen LogP contribution in [0.3, 0.4) is 0 Å². The topological polar surface area (TPSA) is 117 Å². The smallest absolute Gasteiger partial charge is 0.293 e. The molecule has 0 saturated heterocycles. The van der Waals surface area contributed by atoms with Crippen molar-refractivity contribution < 1.29 is 27.6 Å². The van der Waals surface area contributed by atoms with Crippen molar-refractivity contribution in [3.63, 3.8) is 0 Å². The maximum atomic E-state index is 12.6. The van der Waals surface area contributed by atoms with Crippen LogP contribution in [0.2, 0.25) is 0 Å². The molecule has 9 nitrogen and oxygen atoms in total. The Labute approximate surface area is 144 Å². The Morgan fingerprint density at radius 1 is 0.960 bits per heavy atom. The lowest BCUT2D eigenvalue weighted by molar-refractivity contribution is -0.387. The minimum Gasteiger partial charge on any atom is -0.497 e. The number of methoxy groups -OCH3 is 3. The van der Waals surface area contributed by atoms with Crippen LogP contribution >= 0.6 is 0 Å². The zero-order valence-corrected chi connectivity index (χ0v) is 14.5. The van der Waals surface area contributed by atoms with Gasteiger partial charge in [0.15, 0.2) is 16.4 Å². The van der Waals surface area contributed by atoms with Crippen LogP contribution < -0.4 is 18.9 Å². The molecule has 0 bridgehead atoms. The van der Waals surface area contributed by atoms with Crippen molar-refractivity contribution in [2.24, 2.45) is 0 Å². The molecule has 0 atom stereocenters. The number of nitro benzene ring substituents is 1. The number of rotatable bonds is 7. The fourth-order valence-electron chi connectivity index (χ4n) is 2.10. The summed E-state index contributed by atoms with van der Waals surface area (Å²) < 4.78 is 42.5. The summed E-state index contributed by atoms with van der Waals surface area (Å²) in [5.41, 5.74) is -0.421. The molecule has 0 heterocycles. The molecule has 134 valence electrons. The van der Waals surface area contributed by atoms with Gasteiger partial charge in [-0.2, -0.15) is 0 Å². The minimum atomic E-state index is -4.20. The average Bonchev–Trinajstić information content (AvgIpc) is 2.60. The van der Waals surface area contributed by atoms with Gasteiger partial charge in [0.25, 0.3) is 15.7 Å². The number of ether oxygens (including phenoxy) is 3. The van der Waals surface area contributed by atoms with Gasteiger partial charge in [-0.1, -0.05) is 0 Å². The second-order valence-corrected chi connectivity index (χ2v) is 6.42. The maximum Gasteiger partial charge on any atom is 0.293 e. The van der Waals surface area contributed by atoms with Crippen LogP contribution in [-0.4, -0.2) is 34.7 Å². The van der Waals surface area contributed by atoms with Gasteiger partial charge in [0.1, 0.15) is 5.75 Å². The van der Waals surface area contributed by atoms with Crippen LogP contribution in [0.1, 0.15) is 0 Å². The van der Waals surface area contributed by atoms with Gasteiger partial charge >= 0.3 is 0 Å². The summed E-state index contributed by atoms with van der Waals surface area (Å²) in [6, 6.07) is 7.86. The largest absolute Gasteiger partial charge is 0.497 e. The van der Waals surface area contributed by atoms with Gasteiger partial charge in [-0.25, -0.2) is 8.42 Å². The summed E-state index contributed by atoms with van der Waals surface area (Å²) in [5, 5.41) is 11.2. The first-order chi connectivity index (χ1) is 11.8. The molecule has 2 rings (SSSR count). The molecule has 0 spiro atoms. The predicted octanol–water partition coefficient (Wildman–Crippen LogP) is 2.42. The highest BCUT2D eigenvalue weighted by atomic mass is 32.2. The van der Waals surface area contributed by atoms with Crippen LogP contribution in [0.4, 0.5) is 11.4 Å². The van der Waals surface area contributed by atoms with Crippen LogP contribution in [-0.2, 0) is 10.0 Å². The molecule has 0 aromatic heterocycles. The fraction of sp³-hybridized carbons (Fsp3) is 0.200. The Hall–Kier alpha value is -3.01. The second kappa shape index (κ2) is 7.26. The van der Waals surface area contributed by atoms with E-state index < -0.39 is 25.5 Å². The predicted molar refractivity (Wildman–Crippen MR) is 90.0 cm³/mol. The van der Waals surface area contributed by atoms with Crippen LogP contribution in [0, 0.1) is 10.1 Å². The molecule has 0 amide bonds. The number of anilines is 1. The summed E-state index contributed by atoms with van der Waals surface area (Å²) in [7, 11) is -0.0196. The average molecular weight is 368 g/mol. The maximum absolute atomic E-state index is 12.6. The van der Waals surface area contributed by atoms with Crippen molar-refractivity contribution >= 4 is 21.4 Å². The van der Waals surface area contributed by atoms with Gasteiger partial charge in [0.2, 0.25) is 0 Å². The standard InChI is InChI=1S/C15H16N2O7S/c1-22-11-5-7-15(12(9-11)17(18)19)25(20,21)16-10-4-6-13(23-2)14(8-10)24-3/h4-9,16H,1-3H3. The van der Waals surface area contributed by atoms with E-state index in [-0.39, 0.29) is 11.4 Å². The summed E-state index contributed by atoms with van der Waals surface area (Å²) in [6.45, 7) is 0. The molecule has 0 saturated carbocycles. The molecule has 1 N–H and O–H groups in total. The molecule has 0 aliphatic carbocycles. The molecule has 25 heavy (non-hydrogen) atoms. The highest BCUT2D eigenvalue weighted by Gasteiger charge is 2.27. The van der Waals surface area contributed by atoms with Crippen LogP contribution in [0.5, 0.6) is 17.2 Å². The van der Waals surface area contributed by atoms with Gasteiger partial charge in [-0.3, -0.25) is 14.8 Å². The zero-order chi connectivity index (χ0) is 18.6. The Morgan fingerprint density at radius 3 is 2.20 bits per heavy atom. The first-order valence-electron chi connectivity index (χ1n) is 6.89. The number of hydrogen-bond donors (Lipinski definition) is 1. The zero-order valence-electron chi connectivity index (χ0n) is 13.7. The number of nitro groups is 1. The molecule has 10 heteroatoms. The first-order valence-corrected chi connectivity index (χ1v) is 8.38. The van der Waals surface area contributed by atoms with E-state index in [1.165, 1.54) is 45.6 Å². The number of benzene rings is 2. The third-order valence-electron chi connectivity index (χ3n) is 3.29. The SMILES string of the molecule is COc1ccc(S(=O)(=O)Nc2ccc(OC)c(OC)c2)c([N+](=O)[O-])c1. The lowest BCUT2D eigenvalue weighted by Crippen LogP contribution is -2.15. The van der Waals surface area contributed by atoms with Crippen molar-refractivity contribution in [1.29, 1.82) is 0 Å². The van der Waals surface area contributed by atoms with Gasteiger partial charge in [0.05, 0.1) is 38.0 Å². The van der Waals surface area contributed by atoms with E-state index in [1.54, 1.807) is 0 Å². The lowest BCUT2D eigenvalue weighted by atomic mass is 10.3. The quantitative estimate of drug-likeness (QED) is 0.589. The van der Waals surface area contributed by atoms with Gasteiger partial charge in [-0.15, -0.1) is 0 Å². The normalized spacial score (nSPS) is 10.8. The van der Waals surface area contributed by atoms with E-state index in [2.05, 4.69) is 4.72 Å². The Balaban J connectivity index is 2.45. The number of sulfonamides is 1. The van der Waals surface area contributed by atoms with Crippen molar-refractivity contribution in [3.8, 4) is 17.2 Å². The van der Waals surface area contributed by atoms with Gasteiger partial charge in [0, 0.05) is 6.07 Å². The monoisotopic (exact) mass is 368 g/mol. The van der Waals surface area contributed by atoms with E-state index in [9.17, 15) is 18.5 Å². The minimum absolute atomic E-state index is 0.169. The van der Waals surface area contributed by atoms with Crippen LogP contribution in [0.25, 0.3) is 0 Å². The molecule has 0 radical (unpaired) electrons. The summed E-state index contributed by atoms with van der Waals surface area (Å²) in [4.78, 5) is 9.93. The number of nitrogens with zero attached hydrogens (tertiary/aromatic N) is 1. The molecule has 2 aromatic rings. The molecule has 2 aromatic carbocycles. The number of nitrogens with one attached hydrogen (secondary N) is 1. The third kappa shape index (κ3) is 3.91. The van der Waals surface area contributed by atoms with Crippen molar-refractivity contribution in [2.45, 2.75) is 4.90 Å². The van der Waals surface area contributed by atoms with Crippen LogP contribution in [0.15, 0.2) is 41.3 Å². The molecular formula is C15H16N2O7S. The van der Waals surface area contributed by atoms with E-state index in [0.717, 1.165) is 12.1 Å². The summed E-state index contributed by atoms with van der Waals surface area (Å²) in [6.07, 6.45) is 0. The van der Waals surface area contributed by atoms with E-state index >= 15 is 0 Å². The molecule has 0 unspecified atom stereocenters. The number of hydrogen-bond acceptors (Lipinski definition) is 7. The van der Waals surface area contributed by atoms with Gasteiger partial charge < -0.3 is 14.2 Å². The highest BCUT2D eigenvalue weighted by Crippen LogP contribution is 2.33. The molecular weight excluding hydrogens is 352 g/mol. The first kappa shape index (κ1) is 18.3. The second-order valence-electron chi connectivity index (χ2n) is 4.77.